The maximum Gasteiger partial charge on any atom is 0.261 e. The van der Waals surface area contributed by atoms with Crippen molar-refractivity contribution >= 4 is 26.6 Å². The molecule has 0 radical (unpaired) electrons. The van der Waals surface area contributed by atoms with E-state index >= 15 is 0 Å². The fraction of sp³-hybridized carbons (Fsp3) is 0.444. The molecule has 3 aromatic rings. The van der Waals surface area contributed by atoms with Crippen molar-refractivity contribution in [2.24, 2.45) is 7.05 Å². The highest BCUT2D eigenvalue weighted by molar-refractivity contribution is 7.88. The third-order valence-electron chi connectivity index (χ3n) is 5.34. The van der Waals surface area contributed by atoms with Crippen molar-refractivity contribution in [1.82, 2.24) is 18.3 Å². The fourth-order valence-electron chi connectivity index (χ4n) is 3.92. The first-order valence-corrected chi connectivity index (χ1v) is 10.5. The Hall–Kier alpha value is -2.19. The second kappa shape index (κ2) is 5.92. The molecule has 1 aliphatic rings. The maximum atomic E-state index is 12.8. The van der Waals surface area contributed by atoms with Crippen molar-refractivity contribution in [3.63, 3.8) is 0 Å². The van der Waals surface area contributed by atoms with Crippen molar-refractivity contribution in [1.29, 1.82) is 0 Å². The van der Waals surface area contributed by atoms with Crippen LogP contribution >= 0.6 is 0 Å². The Morgan fingerprint density at radius 2 is 1.88 bits per heavy atom. The van der Waals surface area contributed by atoms with Crippen LogP contribution in [0, 0.1) is 6.92 Å². The summed E-state index contributed by atoms with van der Waals surface area (Å²) in [6.07, 6.45) is 4.43. The van der Waals surface area contributed by atoms with Crippen molar-refractivity contribution < 1.29 is 8.42 Å². The van der Waals surface area contributed by atoms with Crippen LogP contribution in [0.3, 0.4) is 0 Å². The lowest BCUT2D eigenvalue weighted by molar-refractivity contribution is 0.319. The Kier molecular flexibility index (Phi) is 3.92. The number of hydrogen-bond acceptors (Lipinski definition) is 4. The molecule has 7 nitrogen and oxygen atoms in total. The van der Waals surface area contributed by atoms with Crippen LogP contribution in [0.4, 0.5) is 0 Å². The minimum atomic E-state index is -3.16. The zero-order valence-electron chi connectivity index (χ0n) is 15.1. The molecule has 0 unspecified atom stereocenters. The van der Waals surface area contributed by atoms with Gasteiger partial charge in [-0.3, -0.25) is 13.8 Å². The van der Waals surface area contributed by atoms with E-state index in [9.17, 15) is 13.2 Å². The van der Waals surface area contributed by atoms with Crippen LogP contribution in [0.1, 0.15) is 30.0 Å². The van der Waals surface area contributed by atoms with Crippen molar-refractivity contribution in [2.75, 3.05) is 19.3 Å². The predicted octanol–water partition coefficient (Wildman–Crippen LogP) is 1.63. The summed E-state index contributed by atoms with van der Waals surface area (Å²) in [6.45, 7) is 2.95. The summed E-state index contributed by atoms with van der Waals surface area (Å²) in [5.41, 5.74) is 3.53. The van der Waals surface area contributed by atoms with Crippen LogP contribution in [0.5, 0.6) is 0 Å². The monoisotopic (exact) mass is 374 g/mol. The van der Waals surface area contributed by atoms with Gasteiger partial charge in [-0.25, -0.2) is 17.7 Å². The smallest absolute Gasteiger partial charge is 0.261 e. The Labute approximate surface area is 151 Å². The summed E-state index contributed by atoms with van der Waals surface area (Å²) >= 11 is 0. The van der Waals surface area contributed by atoms with Crippen LogP contribution in [0.25, 0.3) is 16.6 Å². The SMILES string of the molecule is Cc1ccc2c(c1)c(=O)n(C)c1c(C3CCN(S(C)(=O)=O)CC3)ncn21. The topological polar surface area (TPSA) is 76.7 Å². The molecule has 0 aliphatic carbocycles. The molecule has 1 aromatic carbocycles. The molecule has 1 fully saturated rings. The van der Waals surface area contributed by atoms with Gasteiger partial charge in [-0.1, -0.05) is 11.6 Å². The third-order valence-corrected chi connectivity index (χ3v) is 6.65. The molecule has 1 aliphatic heterocycles. The second-order valence-corrected chi connectivity index (χ2v) is 9.13. The highest BCUT2D eigenvalue weighted by Crippen LogP contribution is 2.31. The van der Waals surface area contributed by atoms with Crippen LogP contribution in [0.2, 0.25) is 0 Å². The van der Waals surface area contributed by atoms with Crippen LogP contribution in [0.15, 0.2) is 29.3 Å². The normalized spacial score (nSPS) is 17.3. The molecule has 0 atom stereocenters. The molecule has 0 amide bonds. The lowest BCUT2D eigenvalue weighted by Crippen LogP contribution is -2.37. The van der Waals surface area contributed by atoms with Gasteiger partial charge in [0.15, 0.2) is 0 Å². The summed E-state index contributed by atoms with van der Waals surface area (Å²) < 4.78 is 28.6. The number of benzene rings is 1. The largest absolute Gasteiger partial charge is 0.295 e. The minimum Gasteiger partial charge on any atom is -0.295 e. The molecule has 0 bridgehead atoms. The van der Waals surface area contributed by atoms with Gasteiger partial charge in [-0.2, -0.15) is 0 Å². The Bertz CT molecular complexity index is 1170. The summed E-state index contributed by atoms with van der Waals surface area (Å²) in [4.78, 5) is 17.5. The number of nitrogens with zero attached hydrogens (tertiary/aromatic N) is 4. The first kappa shape index (κ1) is 17.2. The molecule has 138 valence electrons. The average molecular weight is 374 g/mol. The van der Waals surface area contributed by atoms with Crippen LogP contribution in [-0.4, -0.2) is 46.0 Å². The lowest BCUT2D eigenvalue weighted by Gasteiger charge is -2.29. The van der Waals surface area contributed by atoms with Gasteiger partial charge >= 0.3 is 0 Å². The van der Waals surface area contributed by atoms with Gasteiger partial charge in [0.2, 0.25) is 10.0 Å². The number of aryl methyl sites for hydroxylation is 2. The lowest BCUT2D eigenvalue weighted by atomic mass is 9.94. The second-order valence-electron chi connectivity index (χ2n) is 7.14. The first-order valence-electron chi connectivity index (χ1n) is 8.69. The molecule has 0 saturated carbocycles. The van der Waals surface area contributed by atoms with Gasteiger partial charge in [-0.05, 0) is 31.9 Å². The molecule has 2 aromatic heterocycles. The highest BCUT2D eigenvalue weighted by Gasteiger charge is 2.29. The number of piperidine rings is 1. The number of hydrogen-bond donors (Lipinski definition) is 0. The maximum absolute atomic E-state index is 12.8. The number of sulfonamides is 1. The Morgan fingerprint density at radius 1 is 1.19 bits per heavy atom. The Morgan fingerprint density at radius 3 is 2.54 bits per heavy atom. The number of rotatable bonds is 2. The average Bonchev–Trinajstić information content (AvgIpc) is 3.04. The number of imidazole rings is 1. The molecule has 8 heteroatoms. The van der Waals surface area contributed by atoms with E-state index in [1.165, 1.54) is 10.6 Å². The van der Waals surface area contributed by atoms with Crippen LogP contribution in [-0.2, 0) is 17.1 Å². The summed E-state index contributed by atoms with van der Waals surface area (Å²) in [5, 5.41) is 0.677. The summed E-state index contributed by atoms with van der Waals surface area (Å²) in [5.74, 6) is 0.145. The molecule has 0 spiro atoms. The highest BCUT2D eigenvalue weighted by atomic mass is 32.2. The predicted molar refractivity (Wildman–Crippen MR) is 101 cm³/mol. The van der Waals surface area contributed by atoms with Gasteiger partial charge < -0.3 is 0 Å². The van der Waals surface area contributed by atoms with Crippen LogP contribution < -0.4 is 5.56 Å². The zero-order chi connectivity index (χ0) is 18.6. The van der Waals surface area contributed by atoms with E-state index in [0.717, 1.165) is 22.4 Å². The zero-order valence-corrected chi connectivity index (χ0v) is 16.0. The van der Waals surface area contributed by atoms with Crippen molar-refractivity contribution in [3.8, 4) is 0 Å². The van der Waals surface area contributed by atoms with E-state index in [-0.39, 0.29) is 11.5 Å². The number of aromatic nitrogens is 3. The van der Waals surface area contributed by atoms with Gasteiger partial charge in [-0.15, -0.1) is 0 Å². The quantitative estimate of drug-likeness (QED) is 0.683. The van der Waals surface area contributed by atoms with Gasteiger partial charge in [0, 0.05) is 26.1 Å². The van der Waals surface area contributed by atoms with E-state index in [2.05, 4.69) is 4.98 Å². The van der Waals surface area contributed by atoms with E-state index in [4.69, 9.17) is 0 Å². The molecule has 4 rings (SSSR count). The Balaban J connectivity index is 1.82. The molecule has 1 saturated heterocycles. The van der Waals surface area contributed by atoms with E-state index in [1.807, 2.05) is 29.5 Å². The van der Waals surface area contributed by atoms with Crippen molar-refractivity contribution in [2.45, 2.75) is 25.7 Å². The minimum absolute atomic E-state index is 0.0356. The standard InChI is InChI=1S/C18H22N4O3S/c1-12-4-5-15-14(10-12)18(23)20(2)17-16(19-11-22(15)17)13-6-8-21(9-7-13)26(3,24)25/h4-5,10-11,13H,6-9H2,1-3H3. The molecular weight excluding hydrogens is 352 g/mol. The van der Waals surface area contributed by atoms with Gasteiger partial charge in [0.25, 0.3) is 5.56 Å². The van der Waals surface area contributed by atoms with Crippen molar-refractivity contribution in [3.05, 3.63) is 46.1 Å². The first-order chi connectivity index (χ1) is 12.3. The summed E-state index contributed by atoms with van der Waals surface area (Å²) in [7, 11) is -1.38. The molecule has 26 heavy (non-hydrogen) atoms. The summed E-state index contributed by atoms with van der Waals surface area (Å²) in [6, 6.07) is 5.85. The van der Waals surface area contributed by atoms with Gasteiger partial charge in [0.1, 0.15) is 12.0 Å². The van der Waals surface area contributed by atoms with E-state index in [1.54, 1.807) is 17.9 Å². The third kappa shape index (κ3) is 2.64. The van der Waals surface area contributed by atoms with E-state index in [0.29, 0.717) is 31.3 Å². The van der Waals surface area contributed by atoms with E-state index < -0.39 is 10.0 Å². The molecular formula is C18H22N4O3S. The molecule has 3 heterocycles. The molecule has 0 N–H and O–H groups in total. The fourth-order valence-corrected chi connectivity index (χ4v) is 4.80. The van der Waals surface area contributed by atoms with Gasteiger partial charge in [0.05, 0.1) is 22.9 Å². The number of fused-ring (bicyclic) bond motifs is 3.